The number of halogens is 2. The lowest BCUT2D eigenvalue weighted by Gasteiger charge is -2.13. The van der Waals surface area contributed by atoms with Crippen LogP contribution >= 0.6 is 0 Å². The van der Waals surface area contributed by atoms with E-state index in [9.17, 15) is 8.78 Å². The van der Waals surface area contributed by atoms with E-state index in [4.69, 9.17) is 4.74 Å². The second-order valence-corrected chi connectivity index (χ2v) is 8.23. The summed E-state index contributed by atoms with van der Waals surface area (Å²) in [5.41, 5.74) is 2.35. The summed E-state index contributed by atoms with van der Waals surface area (Å²) in [5, 5.41) is 2.49. The minimum absolute atomic E-state index is 0.0592. The summed E-state index contributed by atoms with van der Waals surface area (Å²) < 4.78 is 30.3. The van der Waals surface area contributed by atoms with Crippen LogP contribution in [0.5, 0.6) is 5.75 Å². The molecule has 0 spiro atoms. The molecule has 0 saturated carbocycles. The van der Waals surface area contributed by atoms with Gasteiger partial charge in [0.2, 0.25) is 6.43 Å². The molecule has 0 atom stereocenters. The first kappa shape index (κ1) is 23.2. The van der Waals surface area contributed by atoms with E-state index in [1.807, 2.05) is 6.07 Å². The van der Waals surface area contributed by atoms with Crippen molar-refractivity contribution in [2.45, 2.75) is 70.6 Å². The van der Waals surface area contributed by atoms with Gasteiger partial charge >= 0.3 is 0 Å². The van der Waals surface area contributed by atoms with Crippen LogP contribution in [0.2, 0.25) is 0 Å². The zero-order valence-corrected chi connectivity index (χ0v) is 18.4. The van der Waals surface area contributed by atoms with E-state index in [0.29, 0.717) is 6.42 Å². The van der Waals surface area contributed by atoms with Gasteiger partial charge in [-0.25, -0.2) is 8.78 Å². The van der Waals surface area contributed by atoms with Gasteiger partial charge in [0, 0.05) is 12.0 Å². The molecule has 0 heterocycles. The number of fused-ring (bicyclic) bond motifs is 1. The maximum atomic E-state index is 12.1. The van der Waals surface area contributed by atoms with Gasteiger partial charge in [-0.1, -0.05) is 106 Å². The normalized spacial score (nSPS) is 11.3. The molecule has 0 saturated heterocycles. The standard InChI is InChI=1S/C28H34F2O/c29-28(30)21-8-6-4-2-1-3-5-7-13-22-31-27-20-12-11-18-26(27)25-19-14-16-23-15-9-10-17-24(23)25/h9-12,14-20,28H,1-8,13,21-22H2. The Hall–Kier alpha value is -2.42. The van der Waals surface area contributed by atoms with E-state index in [1.54, 1.807) is 0 Å². The molecule has 3 aromatic rings. The lowest BCUT2D eigenvalue weighted by atomic mass is 9.98. The number of benzene rings is 3. The Morgan fingerprint density at radius 1 is 0.581 bits per heavy atom. The van der Waals surface area contributed by atoms with E-state index < -0.39 is 6.43 Å². The highest BCUT2D eigenvalue weighted by molar-refractivity contribution is 5.97. The lowest BCUT2D eigenvalue weighted by molar-refractivity contribution is 0.133. The molecule has 0 fully saturated rings. The summed E-state index contributed by atoms with van der Waals surface area (Å²) in [5.74, 6) is 0.947. The SMILES string of the molecule is FC(F)CCCCCCCCCCCOc1ccccc1-c1cccc2ccccc12. The molecule has 0 aromatic heterocycles. The lowest BCUT2D eigenvalue weighted by Crippen LogP contribution is -1.99. The van der Waals surface area contributed by atoms with E-state index in [0.717, 1.165) is 43.6 Å². The highest BCUT2D eigenvalue weighted by atomic mass is 19.3. The Morgan fingerprint density at radius 3 is 1.94 bits per heavy atom. The van der Waals surface area contributed by atoms with Crippen LogP contribution in [0, 0.1) is 0 Å². The molecular formula is C28H34F2O. The van der Waals surface area contributed by atoms with Crippen LogP contribution in [-0.4, -0.2) is 13.0 Å². The molecule has 0 aliphatic carbocycles. The Kier molecular flexibility index (Phi) is 9.82. The van der Waals surface area contributed by atoms with Crippen LogP contribution in [0.1, 0.15) is 64.2 Å². The zero-order valence-electron chi connectivity index (χ0n) is 18.4. The van der Waals surface area contributed by atoms with Gasteiger partial charge in [-0.15, -0.1) is 0 Å². The fourth-order valence-corrected chi connectivity index (χ4v) is 4.10. The number of hydrogen-bond acceptors (Lipinski definition) is 1. The van der Waals surface area contributed by atoms with Gasteiger partial charge in [0.15, 0.2) is 0 Å². The van der Waals surface area contributed by atoms with Crippen molar-refractivity contribution >= 4 is 10.8 Å². The van der Waals surface area contributed by atoms with E-state index in [1.165, 1.54) is 42.0 Å². The molecule has 3 rings (SSSR count). The molecule has 0 radical (unpaired) electrons. The van der Waals surface area contributed by atoms with E-state index >= 15 is 0 Å². The number of alkyl halides is 2. The molecule has 0 bridgehead atoms. The Balaban J connectivity index is 1.38. The fourth-order valence-electron chi connectivity index (χ4n) is 4.10. The van der Waals surface area contributed by atoms with Gasteiger partial charge in [-0.05, 0) is 35.2 Å². The highest BCUT2D eigenvalue weighted by Gasteiger charge is 2.09. The predicted octanol–water partition coefficient (Wildman–Crippen LogP) is 9.05. The molecule has 0 N–H and O–H groups in total. The van der Waals surface area contributed by atoms with Gasteiger partial charge in [0.05, 0.1) is 6.61 Å². The molecule has 31 heavy (non-hydrogen) atoms. The first-order valence-electron chi connectivity index (χ1n) is 11.7. The summed E-state index contributed by atoms with van der Waals surface area (Å²) in [6.45, 7) is 0.732. The van der Waals surface area contributed by atoms with Gasteiger partial charge in [0.25, 0.3) is 0 Å². The molecule has 0 unspecified atom stereocenters. The van der Waals surface area contributed by atoms with Crippen LogP contribution in [0.3, 0.4) is 0 Å². The van der Waals surface area contributed by atoms with Crippen molar-refractivity contribution in [1.29, 1.82) is 0 Å². The number of ether oxygens (including phenoxy) is 1. The summed E-state index contributed by atoms with van der Waals surface area (Å²) in [6, 6.07) is 23.2. The molecular weight excluding hydrogens is 390 g/mol. The van der Waals surface area contributed by atoms with Gasteiger partial charge in [-0.2, -0.15) is 0 Å². The Bertz CT molecular complexity index is 901. The number of unbranched alkanes of at least 4 members (excludes halogenated alkanes) is 8. The largest absolute Gasteiger partial charge is 0.493 e. The van der Waals surface area contributed by atoms with Crippen LogP contribution in [0.15, 0.2) is 66.7 Å². The Labute approximate surface area is 185 Å². The van der Waals surface area contributed by atoms with Crippen molar-refractivity contribution in [3.8, 4) is 16.9 Å². The first-order valence-corrected chi connectivity index (χ1v) is 11.7. The van der Waals surface area contributed by atoms with Gasteiger partial charge in [-0.3, -0.25) is 0 Å². The van der Waals surface area contributed by atoms with Crippen molar-refractivity contribution < 1.29 is 13.5 Å². The number of hydrogen-bond donors (Lipinski definition) is 0. The average Bonchev–Trinajstić information content (AvgIpc) is 2.79. The second kappa shape index (κ2) is 13.1. The summed E-state index contributed by atoms with van der Waals surface area (Å²) in [7, 11) is 0. The minimum Gasteiger partial charge on any atom is -0.493 e. The van der Waals surface area contributed by atoms with Crippen LogP contribution in [-0.2, 0) is 0 Å². The highest BCUT2D eigenvalue weighted by Crippen LogP contribution is 2.35. The van der Waals surface area contributed by atoms with Crippen molar-refractivity contribution in [2.24, 2.45) is 0 Å². The molecule has 0 amide bonds. The third-order valence-electron chi connectivity index (χ3n) is 5.79. The van der Waals surface area contributed by atoms with Crippen molar-refractivity contribution in [3.63, 3.8) is 0 Å². The first-order chi connectivity index (χ1) is 15.3. The van der Waals surface area contributed by atoms with E-state index in [-0.39, 0.29) is 6.42 Å². The Morgan fingerprint density at radius 2 is 1.16 bits per heavy atom. The summed E-state index contributed by atoms with van der Waals surface area (Å²) in [4.78, 5) is 0. The summed E-state index contributed by atoms with van der Waals surface area (Å²) in [6.07, 6.45) is 7.64. The van der Waals surface area contributed by atoms with E-state index in [2.05, 4.69) is 60.7 Å². The molecule has 3 aromatic carbocycles. The van der Waals surface area contributed by atoms with Gasteiger partial charge < -0.3 is 4.74 Å². The van der Waals surface area contributed by atoms with Crippen molar-refractivity contribution in [1.82, 2.24) is 0 Å². The zero-order chi connectivity index (χ0) is 21.7. The average molecular weight is 425 g/mol. The topological polar surface area (TPSA) is 9.23 Å². The van der Waals surface area contributed by atoms with Crippen LogP contribution < -0.4 is 4.74 Å². The van der Waals surface area contributed by atoms with Crippen LogP contribution in [0.25, 0.3) is 21.9 Å². The molecule has 3 heteroatoms. The van der Waals surface area contributed by atoms with Crippen molar-refractivity contribution in [2.75, 3.05) is 6.61 Å². The molecule has 166 valence electrons. The quantitative estimate of drug-likeness (QED) is 0.235. The molecule has 0 aliphatic rings. The molecule has 1 nitrogen and oxygen atoms in total. The maximum Gasteiger partial charge on any atom is 0.238 e. The number of rotatable bonds is 14. The monoisotopic (exact) mass is 424 g/mol. The third kappa shape index (κ3) is 7.65. The van der Waals surface area contributed by atoms with Gasteiger partial charge in [0.1, 0.15) is 5.75 Å². The summed E-state index contributed by atoms with van der Waals surface area (Å²) >= 11 is 0. The molecule has 0 aliphatic heterocycles. The number of para-hydroxylation sites is 1. The third-order valence-corrected chi connectivity index (χ3v) is 5.79. The van der Waals surface area contributed by atoms with Crippen LogP contribution in [0.4, 0.5) is 8.78 Å². The fraction of sp³-hybridized carbons (Fsp3) is 0.429. The smallest absolute Gasteiger partial charge is 0.238 e. The minimum atomic E-state index is -2.14. The predicted molar refractivity (Wildman–Crippen MR) is 127 cm³/mol. The second-order valence-electron chi connectivity index (χ2n) is 8.23. The van der Waals surface area contributed by atoms with Crippen molar-refractivity contribution in [3.05, 3.63) is 66.7 Å². The maximum absolute atomic E-state index is 12.1.